The number of esters is 1. The first kappa shape index (κ1) is 37.9. The maximum atomic E-state index is 12.0. The quantitative estimate of drug-likeness (QED) is 0.119. The van der Waals surface area contributed by atoms with Gasteiger partial charge >= 0.3 is 11.9 Å². The first-order valence-corrected chi connectivity index (χ1v) is 16.6. The predicted molar refractivity (Wildman–Crippen MR) is 182 cm³/mol. The molecule has 0 spiro atoms. The van der Waals surface area contributed by atoms with Gasteiger partial charge in [0.25, 0.3) is 0 Å². The number of carbonyl (C=O) groups is 3. The van der Waals surface area contributed by atoms with Crippen LogP contribution in [0.15, 0.2) is 91.0 Å². The molecule has 3 aliphatic carbocycles. The van der Waals surface area contributed by atoms with E-state index in [0.29, 0.717) is 33.0 Å². The van der Waals surface area contributed by atoms with Crippen LogP contribution >= 0.6 is 11.6 Å². The Labute approximate surface area is 283 Å². The van der Waals surface area contributed by atoms with Gasteiger partial charge in [-0.2, -0.15) is 0 Å². The smallest absolute Gasteiger partial charge is 0.316 e. The van der Waals surface area contributed by atoms with Crippen LogP contribution in [0.3, 0.4) is 0 Å². The Morgan fingerprint density at radius 2 is 1.00 bits per heavy atom. The maximum absolute atomic E-state index is 12.0. The largest absolute Gasteiger partial charge is 0.481 e. The van der Waals surface area contributed by atoms with Gasteiger partial charge < -0.3 is 24.4 Å². The molecule has 0 aliphatic heterocycles. The normalized spacial score (nSPS) is 16.7. The molecular weight excluding hydrogens is 620 g/mol. The van der Waals surface area contributed by atoms with Crippen molar-refractivity contribution in [1.82, 2.24) is 0 Å². The van der Waals surface area contributed by atoms with Gasteiger partial charge in [-0.3, -0.25) is 14.4 Å². The van der Waals surface area contributed by atoms with E-state index in [9.17, 15) is 14.4 Å². The van der Waals surface area contributed by atoms with Crippen LogP contribution in [0.25, 0.3) is 0 Å². The molecule has 6 rings (SSSR count). The van der Waals surface area contributed by atoms with Crippen molar-refractivity contribution in [1.29, 1.82) is 0 Å². The number of carboxylic acids is 1. The van der Waals surface area contributed by atoms with E-state index in [1.807, 2.05) is 105 Å². The monoisotopic (exact) mass is 666 g/mol. The van der Waals surface area contributed by atoms with E-state index in [0.717, 1.165) is 55.2 Å². The molecule has 0 bridgehead atoms. The van der Waals surface area contributed by atoms with Gasteiger partial charge in [0.15, 0.2) is 0 Å². The van der Waals surface area contributed by atoms with Crippen molar-refractivity contribution < 1.29 is 38.8 Å². The third-order valence-corrected chi connectivity index (χ3v) is 8.87. The number of hydrogen-bond acceptors (Lipinski definition) is 7. The maximum Gasteiger partial charge on any atom is 0.316 e. The molecule has 0 aromatic heterocycles. The second-order valence-electron chi connectivity index (χ2n) is 11.7. The highest BCUT2D eigenvalue weighted by molar-refractivity contribution is 6.66. The number of carbonyl (C=O) groups excluding carboxylic acids is 2. The summed E-state index contributed by atoms with van der Waals surface area (Å²) in [6, 6.07) is 29.1. The van der Waals surface area contributed by atoms with E-state index >= 15 is 0 Å². The molecule has 3 aromatic rings. The Kier molecular flexibility index (Phi) is 15.1. The number of aliphatic hydroxyl groups is 1. The minimum Gasteiger partial charge on any atom is -0.481 e. The molecule has 3 aromatic carbocycles. The van der Waals surface area contributed by atoms with Gasteiger partial charge in [-0.25, -0.2) is 0 Å². The van der Waals surface area contributed by atoms with Crippen molar-refractivity contribution in [2.24, 2.45) is 0 Å². The molecule has 0 unspecified atom stereocenters. The summed E-state index contributed by atoms with van der Waals surface area (Å²) in [5.74, 6) is -0.794. The molecule has 8 nitrogen and oxygen atoms in total. The lowest BCUT2D eigenvalue weighted by molar-refractivity contribution is -0.148. The number of aliphatic carboxylic acids is 1. The van der Waals surface area contributed by atoms with Crippen LogP contribution in [0.5, 0.6) is 0 Å². The van der Waals surface area contributed by atoms with Crippen molar-refractivity contribution in [2.75, 3.05) is 39.6 Å². The van der Waals surface area contributed by atoms with Gasteiger partial charge in [-0.05, 0) is 80.7 Å². The molecule has 3 aliphatic rings. The van der Waals surface area contributed by atoms with E-state index in [-0.39, 0.29) is 28.6 Å². The molecule has 3 fully saturated rings. The van der Waals surface area contributed by atoms with E-state index in [1.165, 1.54) is 0 Å². The SMILES string of the molecule is CCOCCO.CCOCCOC(=O)C1(c2ccccc2)CC1.O=C(Cl)C1(c2ccccc2)CC1.O=C(O)C1(c2ccccc2)CC1. The van der Waals surface area contributed by atoms with Gasteiger partial charge in [0.1, 0.15) is 6.61 Å². The number of aliphatic hydroxyl groups excluding tert-OH is 1. The van der Waals surface area contributed by atoms with Crippen LogP contribution in [0.2, 0.25) is 0 Å². The molecular formula is C38H47ClO8. The predicted octanol–water partition coefficient (Wildman–Crippen LogP) is 6.60. The van der Waals surface area contributed by atoms with Crippen molar-refractivity contribution in [3.05, 3.63) is 108 Å². The van der Waals surface area contributed by atoms with Crippen LogP contribution in [-0.2, 0) is 44.8 Å². The third-order valence-electron chi connectivity index (χ3n) is 8.51. The zero-order valence-electron chi connectivity index (χ0n) is 27.4. The summed E-state index contributed by atoms with van der Waals surface area (Å²) in [4.78, 5) is 34.0. The number of carboxylic acid groups (broad SMARTS) is 1. The van der Waals surface area contributed by atoms with E-state index in [1.54, 1.807) is 0 Å². The fourth-order valence-electron chi connectivity index (χ4n) is 5.17. The Morgan fingerprint density at radius 3 is 1.32 bits per heavy atom. The zero-order chi connectivity index (χ0) is 34.2. The summed E-state index contributed by atoms with van der Waals surface area (Å²) in [7, 11) is 0. The lowest BCUT2D eigenvalue weighted by atomic mass is 9.96. The Morgan fingerprint density at radius 1 is 0.617 bits per heavy atom. The number of halogens is 1. The van der Waals surface area contributed by atoms with Gasteiger partial charge in [-0.15, -0.1) is 0 Å². The minimum absolute atomic E-state index is 0.108. The molecule has 0 atom stereocenters. The van der Waals surface area contributed by atoms with Crippen LogP contribution in [0.1, 0.15) is 69.1 Å². The van der Waals surface area contributed by atoms with Gasteiger partial charge in [0.2, 0.25) is 5.24 Å². The van der Waals surface area contributed by atoms with E-state index in [4.69, 9.17) is 36.0 Å². The molecule has 0 saturated heterocycles. The van der Waals surface area contributed by atoms with Gasteiger partial charge in [0.05, 0.1) is 36.1 Å². The Hall–Kier alpha value is -3.56. The Balaban J connectivity index is 0.000000179. The summed E-state index contributed by atoms with van der Waals surface area (Å²) < 4.78 is 15.1. The summed E-state index contributed by atoms with van der Waals surface area (Å²) in [6.07, 6.45) is 5.16. The van der Waals surface area contributed by atoms with Crippen molar-refractivity contribution in [3.63, 3.8) is 0 Å². The first-order valence-electron chi connectivity index (χ1n) is 16.3. The molecule has 254 valence electrons. The summed E-state index contributed by atoms with van der Waals surface area (Å²) >= 11 is 5.53. The van der Waals surface area contributed by atoms with Crippen molar-refractivity contribution in [3.8, 4) is 0 Å². The number of hydrogen-bond donors (Lipinski definition) is 2. The average molecular weight is 667 g/mol. The summed E-state index contributed by atoms with van der Waals surface area (Å²) in [6.45, 7) is 6.60. The molecule has 0 heterocycles. The minimum atomic E-state index is -0.686. The van der Waals surface area contributed by atoms with E-state index in [2.05, 4.69) is 0 Å². The summed E-state index contributed by atoms with van der Waals surface area (Å²) in [5.41, 5.74) is 1.83. The molecule has 3 saturated carbocycles. The number of ether oxygens (including phenoxy) is 3. The van der Waals surface area contributed by atoms with Gasteiger partial charge in [-0.1, -0.05) is 91.0 Å². The lowest BCUT2D eigenvalue weighted by Gasteiger charge is -2.14. The highest BCUT2D eigenvalue weighted by Crippen LogP contribution is 2.50. The summed E-state index contributed by atoms with van der Waals surface area (Å²) in [5, 5.41) is 16.8. The lowest BCUT2D eigenvalue weighted by Crippen LogP contribution is -2.24. The van der Waals surface area contributed by atoms with E-state index < -0.39 is 11.4 Å². The van der Waals surface area contributed by atoms with Gasteiger partial charge in [0, 0.05) is 13.2 Å². The molecule has 47 heavy (non-hydrogen) atoms. The standard InChI is InChI=1S/C14H18O3.C10H9ClO.C10H10O2.C4H10O2/c1-2-16-10-11-17-13(15)14(8-9-14)12-6-4-3-5-7-12;2*11-9(12)10(6-7-10)8-4-2-1-3-5-8;1-2-6-4-3-5/h3-7H,2,8-11H2,1H3;1-5H,6-7H2;1-5H,6-7H2,(H,11,12);5H,2-4H2,1H3. The highest BCUT2D eigenvalue weighted by Gasteiger charge is 2.53. The topological polar surface area (TPSA) is 119 Å². The zero-order valence-corrected chi connectivity index (χ0v) is 28.1. The van der Waals surface area contributed by atoms with Crippen LogP contribution in [-0.4, -0.2) is 67.0 Å². The second kappa shape index (κ2) is 18.7. The van der Waals surface area contributed by atoms with Crippen LogP contribution < -0.4 is 0 Å². The van der Waals surface area contributed by atoms with Crippen LogP contribution in [0, 0.1) is 0 Å². The number of benzene rings is 3. The first-order chi connectivity index (χ1) is 22.7. The van der Waals surface area contributed by atoms with Crippen molar-refractivity contribution in [2.45, 2.75) is 68.6 Å². The third kappa shape index (κ3) is 10.7. The van der Waals surface area contributed by atoms with Crippen LogP contribution in [0.4, 0.5) is 0 Å². The average Bonchev–Trinajstić information content (AvgIpc) is 3.97. The molecule has 0 amide bonds. The fraction of sp³-hybridized carbons (Fsp3) is 0.447. The molecule has 0 radical (unpaired) electrons. The highest BCUT2D eigenvalue weighted by atomic mass is 35.5. The van der Waals surface area contributed by atoms with Crippen molar-refractivity contribution >= 4 is 28.8 Å². The fourth-order valence-corrected chi connectivity index (χ4v) is 5.46. The molecule has 9 heteroatoms. The molecule has 2 N–H and O–H groups in total. The second-order valence-corrected chi connectivity index (χ2v) is 12.0. The Bertz CT molecular complexity index is 1300. The number of rotatable bonds is 13.